The van der Waals surface area contributed by atoms with Crippen LogP contribution in [0.2, 0.25) is 0 Å². The molecule has 1 atom stereocenters. The summed E-state index contributed by atoms with van der Waals surface area (Å²) >= 11 is 0. The normalized spacial score (nSPS) is 17.7. The van der Waals surface area contributed by atoms with E-state index in [4.69, 9.17) is 4.74 Å². The van der Waals surface area contributed by atoms with Gasteiger partial charge in [0.2, 0.25) is 0 Å². The molecule has 1 saturated carbocycles. The number of hydrogen-bond acceptors (Lipinski definition) is 3. The van der Waals surface area contributed by atoms with Crippen molar-refractivity contribution < 1.29 is 18.3 Å². The molecule has 1 aliphatic heterocycles. The van der Waals surface area contributed by atoms with Gasteiger partial charge in [0.15, 0.2) is 0 Å². The summed E-state index contributed by atoms with van der Waals surface area (Å²) in [7, 11) is 0. The van der Waals surface area contributed by atoms with Crippen LogP contribution in [0.15, 0.2) is 48.5 Å². The largest absolute Gasteiger partial charge is 0.493 e. The van der Waals surface area contributed by atoms with Gasteiger partial charge in [0.1, 0.15) is 5.75 Å². The molecule has 0 aromatic heterocycles. The third-order valence-corrected chi connectivity index (χ3v) is 6.04. The molecule has 0 bridgehead atoms. The number of nitrogens with one attached hydrogen (secondary N) is 1. The molecule has 166 valence electrons. The van der Waals surface area contributed by atoms with Crippen LogP contribution >= 0.6 is 0 Å². The predicted octanol–water partition coefficient (Wildman–Crippen LogP) is 4.78. The van der Waals surface area contributed by atoms with Gasteiger partial charge in [0.25, 0.3) is 5.91 Å². The molecular formula is C25H30F2N2O2. The van der Waals surface area contributed by atoms with E-state index < -0.39 is 11.8 Å². The molecule has 31 heavy (non-hydrogen) atoms. The molecule has 1 amide bonds. The second-order valence-corrected chi connectivity index (χ2v) is 9.06. The number of anilines is 1. The molecule has 4 nitrogen and oxygen atoms in total. The highest BCUT2D eigenvalue weighted by Gasteiger charge is 2.33. The van der Waals surface area contributed by atoms with Crippen LogP contribution in [0.4, 0.5) is 14.5 Å². The highest BCUT2D eigenvalue weighted by atomic mass is 19.3. The number of hydrogen-bond donors (Lipinski definition) is 1. The molecule has 0 spiro atoms. The van der Waals surface area contributed by atoms with Gasteiger partial charge in [0.05, 0.1) is 6.61 Å². The molecule has 6 heteroatoms. The standard InChI is InChI=1S/C25H30F2N2O2/c1-17(28-24(30)25(2,26)27)13-18-5-7-20(8-6-18)21-14-29(15-21)22-9-11-23(12-10-22)31-16-19-3-4-19/h5-12,17,19,21H,3-4,13-16H2,1-2H3,(H,28,30). The van der Waals surface area contributed by atoms with E-state index in [-0.39, 0.29) is 6.04 Å². The first-order chi connectivity index (χ1) is 14.8. The van der Waals surface area contributed by atoms with Crippen LogP contribution in [0.1, 0.15) is 43.7 Å². The maximum absolute atomic E-state index is 13.0. The van der Waals surface area contributed by atoms with Gasteiger partial charge in [-0.2, -0.15) is 8.78 Å². The monoisotopic (exact) mass is 428 g/mol. The van der Waals surface area contributed by atoms with Gasteiger partial charge in [-0.25, -0.2) is 0 Å². The fraction of sp³-hybridized carbons (Fsp3) is 0.480. The summed E-state index contributed by atoms with van der Waals surface area (Å²) in [4.78, 5) is 13.8. The molecule has 1 aliphatic carbocycles. The molecule has 0 radical (unpaired) electrons. The summed E-state index contributed by atoms with van der Waals surface area (Å²) in [6, 6.07) is 16.3. The third-order valence-electron chi connectivity index (χ3n) is 6.04. The molecular weight excluding hydrogens is 398 g/mol. The number of benzene rings is 2. The second-order valence-electron chi connectivity index (χ2n) is 9.06. The number of carbonyl (C=O) groups excluding carboxylic acids is 1. The van der Waals surface area contributed by atoms with E-state index >= 15 is 0 Å². The number of alkyl halides is 2. The van der Waals surface area contributed by atoms with Crippen molar-refractivity contribution in [3.05, 3.63) is 59.7 Å². The lowest BCUT2D eigenvalue weighted by atomic mass is 9.90. The molecule has 1 N–H and O–H groups in total. The van der Waals surface area contributed by atoms with Gasteiger partial charge in [-0.15, -0.1) is 0 Å². The molecule has 2 aromatic rings. The van der Waals surface area contributed by atoms with E-state index in [1.165, 1.54) is 24.1 Å². The topological polar surface area (TPSA) is 41.6 Å². The summed E-state index contributed by atoms with van der Waals surface area (Å²) in [6.07, 6.45) is 3.11. The zero-order chi connectivity index (χ0) is 22.0. The lowest BCUT2D eigenvalue weighted by molar-refractivity contribution is -0.143. The Labute approximate surface area is 182 Å². The number of nitrogens with zero attached hydrogens (tertiary/aromatic N) is 1. The zero-order valence-electron chi connectivity index (χ0n) is 18.1. The van der Waals surface area contributed by atoms with Crippen molar-refractivity contribution >= 4 is 11.6 Å². The maximum atomic E-state index is 13.0. The van der Waals surface area contributed by atoms with E-state index in [1.54, 1.807) is 6.92 Å². The van der Waals surface area contributed by atoms with Gasteiger partial charge in [0, 0.05) is 37.7 Å². The summed E-state index contributed by atoms with van der Waals surface area (Å²) in [5.74, 6) is -2.40. The average Bonchev–Trinajstić information content (AvgIpc) is 3.51. The first kappa shape index (κ1) is 21.6. The minimum atomic E-state index is -3.35. The smallest absolute Gasteiger partial charge is 0.321 e. The third kappa shape index (κ3) is 5.75. The minimum Gasteiger partial charge on any atom is -0.493 e. The molecule has 2 fully saturated rings. The van der Waals surface area contributed by atoms with Crippen molar-refractivity contribution in [1.82, 2.24) is 5.32 Å². The highest BCUT2D eigenvalue weighted by molar-refractivity contribution is 5.83. The number of rotatable bonds is 9. The van der Waals surface area contributed by atoms with Gasteiger partial charge in [-0.1, -0.05) is 24.3 Å². The first-order valence-electron chi connectivity index (χ1n) is 11.0. The predicted molar refractivity (Wildman–Crippen MR) is 118 cm³/mol. The lowest BCUT2D eigenvalue weighted by Gasteiger charge is -2.41. The quantitative estimate of drug-likeness (QED) is 0.625. The Hall–Kier alpha value is -2.63. The van der Waals surface area contributed by atoms with E-state index in [0.29, 0.717) is 19.3 Å². The van der Waals surface area contributed by atoms with Crippen LogP contribution in [0.5, 0.6) is 5.75 Å². The Kier molecular flexibility index (Phi) is 6.17. The average molecular weight is 429 g/mol. The van der Waals surface area contributed by atoms with Crippen LogP contribution in [0, 0.1) is 5.92 Å². The Balaban J connectivity index is 1.23. The van der Waals surface area contributed by atoms with Gasteiger partial charge in [-0.3, -0.25) is 4.79 Å². The lowest BCUT2D eigenvalue weighted by Crippen LogP contribution is -2.45. The van der Waals surface area contributed by atoms with Gasteiger partial charge in [-0.05, 0) is 67.5 Å². The Bertz CT molecular complexity index is 883. The molecule has 1 saturated heterocycles. The number of amides is 1. The molecule has 1 unspecified atom stereocenters. The van der Waals surface area contributed by atoms with Crippen molar-refractivity contribution in [1.29, 1.82) is 0 Å². The van der Waals surface area contributed by atoms with Crippen LogP contribution in [0.25, 0.3) is 0 Å². The molecule has 2 aliphatic rings. The zero-order valence-corrected chi connectivity index (χ0v) is 18.1. The summed E-state index contributed by atoms with van der Waals surface area (Å²) < 4.78 is 31.8. The van der Waals surface area contributed by atoms with Crippen molar-refractivity contribution in [2.75, 3.05) is 24.6 Å². The maximum Gasteiger partial charge on any atom is 0.321 e. The van der Waals surface area contributed by atoms with Crippen molar-refractivity contribution in [3.8, 4) is 5.75 Å². The fourth-order valence-electron chi connectivity index (χ4n) is 3.83. The summed E-state index contributed by atoms with van der Waals surface area (Å²) in [6.45, 7) is 5.13. The number of ether oxygens (including phenoxy) is 1. The van der Waals surface area contributed by atoms with Crippen molar-refractivity contribution in [2.24, 2.45) is 5.92 Å². The summed E-state index contributed by atoms with van der Waals surface area (Å²) in [5.41, 5.74) is 3.51. The van der Waals surface area contributed by atoms with Crippen LogP contribution in [-0.4, -0.2) is 37.6 Å². The van der Waals surface area contributed by atoms with E-state index in [1.807, 2.05) is 24.3 Å². The Morgan fingerprint density at radius 1 is 1.13 bits per heavy atom. The van der Waals surface area contributed by atoms with Crippen LogP contribution < -0.4 is 15.0 Å². The van der Waals surface area contributed by atoms with Crippen molar-refractivity contribution in [2.45, 2.75) is 51.0 Å². The molecule has 1 heterocycles. The number of halogens is 2. The van der Waals surface area contributed by atoms with E-state index in [2.05, 4.69) is 34.5 Å². The highest BCUT2D eigenvalue weighted by Crippen LogP contribution is 2.33. The van der Waals surface area contributed by atoms with Gasteiger partial charge < -0.3 is 15.0 Å². The number of carbonyl (C=O) groups is 1. The fourth-order valence-corrected chi connectivity index (χ4v) is 3.83. The van der Waals surface area contributed by atoms with Crippen LogP contribution in [-0.2, 0) is 11.2 Å². The first-order valence-corrected chi connectivity index (χ1v) is 11.0. The Morgan fingerprint density at radius 3 is 2.35 bits per heavy atom. The van der Waals surface area contributed by atoms with Crippen molar-refractivity contribution in [3.63, 3.8) is 0 Å². The van der Waals surface area contributed by atoms with Crippen LogP contribution in [0.3, 0.4) is 0 Å². The van der Waals surface area contributed by atoms with Gasteiger partial charge >= 0.3 is 5.92 Å². The molecule has 4 rings (SSSR count). The SMILES string of the molecule is CC(Cc1ccc(C2CN(c3ccc(OCC4CC4)cc3)C2)cc1)NC(=O)C(C)(F)F. The van der Waals surface area contributed by atoms with E-state index in [0.717, 1.165) is 36.9 Å². The Morgan fingerprint density at radius 2 is 1.77 bits per heavy atom. The summed E-state index contributed by atoms with van der Waals surface area (Å²) in [5, 5.41) is 2.37. The minimum absolute atomic E-state index is 0.348. The van der Waals surface area contributed by atoms with E-state index in [9.17, 15) is 13.6 Å². The molecule has 2 aromatic carbocycles. The second kappa shape index (κ2) is 8.85.